The third kappa shape index (κ3) is 2.94. The van der Waals surface area contributed by atoms with Crippen molar-refractivity contribution in [2.24, 2.45) is 11.1 Å². The van der Waals surface area contributed by atoms with Crippen LogP contribution in [0.4, 0.5) is 0 Å². The Morgan fingerprint density at radius 1 is 1.53 bits per heavy atom. The van der Waals surface area contributed by atoms with Crippen molar-refractivity contribution in [3.63, 3.8) is 0 Å². The second-order valence-electron chi connectivity index (χ2n) is 5.81. The van der Waals surface area contributed by atoms with E-state index in [1.54, 1.807) is 0 Å². The van der Waals surface area contributed by atoms with Crippen LogP contribution in [0.15, 0.2) is 0 Å². The van der Waals surface area contributed by atoms with Crippen LogP contribution in [0.5, 0.6) is 0 Å². The molecule has 88 valence electrons. The van der Waals surface area contributed by atoms with Crippen LogP contribution in [0.3, 0.4) is 0 Å². The molecule has 0 aromatic rings. The van der Waals surface area contributed by atoms with Gasteiger partial charge >= 0.3 is 0 Å². The molecular formula is C12H24N2O. The number of hydrogen-bond donors (Lipinski definition) is 1. The predicted molar refractivity (Wildman–Crippen MR) is 62.5 cm³/mol. The van der Waals surface area contributed by atoms with Crippen molar-refractivity contribution in [1.29, 1.82) is 0 Å². The molecule has 1 amide bonds. The molecule has 0 aliphatic carbocycles. The van der Waals surface area contributed by atoms with E-state index in [0.29, 0.717) is 0 Å². The summed E-state index contributed by atoms with van der Waals surface area (Å²) in [6.07, 6.45) is 2.81. The topological polar surface area (TPSA) is 46.3 Å². The van der Waals surface area contributed by atoms with E-state index < -0.39 is 5.54 Å². The zero-order valence-electron chi connectivity index (χ0n) is 10.5. The van der Waals surface area contributed by atoms with Crippen LogP contribution in [-0.4, -0.2) is 29.4 Å². The predicted octanol–water partition coefficient (Wildman–Crippen LogP) is 1.76. The molecule has 0 aromatic carbocycles. The van der Waals surface area contributed by atoms with E-state index in [4.69, 9.17) is 5.73 Å². The highest BCUT2D eigenvalue weighted by molar-refractivity contribution is 5.85. The Morgan fingerprint density at radius 2 is 2.13 bits per heavy atom. The lowest BCUT2D eigenvalue weighted by Crippen LogP contribution is -2.52. The van der Waals surface area contributed by atoms with Gasteiger partial charge in [0, 0.05) is 13.1 Å². The summed E-state index contributed by atoms with van der Waals surface area (Å²) in [5.41, 5.74) is 5.64. The quantitative estimate of drug-likeness (QED) is 0.775. The lowest BCUT2D eigenvalue weighted by atomic mass is 9.92. The van der Waals surface area contributed by atoms with E-state index in [1.807, 2.05) is 11.8 Å². The molecule has 2 N–H and O–H groups in total. The average molecular weight is 212 g/mol. The first kappa shape index (κ1) is 12.5. The Kier molecular flexibility index (Phi) is 3.44. The van der Waals surface area contributed by atoms with E-state index in [9.17, 15) is 4.79 Å². The van der Waals surface area contributed by atoms with Gasteiger partial charge < -0.3 is 10.6 Å². The number of hydrogen-bond acceptors (Lipinski definition) is 2. The van der Waals surface area contributed by atoms with Crippen LogP contribution >= 0.6 is 0 Å². The summed E-state index contributed by atoms with van der Waals surface area (Å²) in [5.74, 6) is 0.120. The van der Waals surface area contributed by atoms with Gasteiger partial charge in [0.05, 0.1) is 5.54 Å². The van der Waals surface area contributed by atoms with Crippen molar-refractivity contribution in [2.75, 3.05) is 13.1 Å². The van der Waals surface area contributed by atoms with E-state index in [0.717, 1.165) is 32.4 Å². The first-order valence-corrected chi connectivity index (χ1v) is 5.87. The fourth-order valence-corrected chi connectivity index (χ4v) is 2.27. The highest BCUT2D eigenvalue weighted by atomic mass is 16.2. The lowest BCUT2D eigenvalue weighted by Gasteiger charge is -2.29. The molecule has 1 rings (SSSR count). The SMILES string of the molecule is CCCC(C)(N)C(=O)N1CCC(C)(C)C1. The van der Waals surface area contributed by atoms with Crippen LogP contribution in [0.2, 0.25) is 0 Å². The van der Waals surface area contributed by atoms with Crippen LogP contribution in [0, 0.1) is 5.41 Å². The van der Waals surface area contributed by atoms with Gasteiger partial charge in [0.2, 0.25) is 5.91 Å². The molecule has 15 heavy (non-hydrogen) atoms. The molecule has 1 atom stereocenters. The van der Waals surface area contributed by atoms with Gasteiger partial charge in [-0.25, -0.2) is 0 Å². The second kappa shape index (κ2) is 4.12. The van der Waals surface area contributed by atoms with Gasteiger partial charge in [-0.15, -0.1) is 0 Å². The maximum absolute atomic E-state index is 12.1. The maximum Gasteiger partial charge on any atom is 0.242 e. The van der Waals surface area contributed by atoms with Crippen LogP contribution < -0.4 is 5.73 Å². The fourth-order valence-electron chi connectivity index (χ4n) is 2.27. The van der Waals surface area contributed by atoms with E-state index in [2.05, 4.69) is 20.8 Å². The summed E-state index contributed by atoms with van der Waals surface area (Å²) in [6.45, 7) is 10.0. The third-order valence-corrected chi connectivity index (χ3v) is 3.22. The molecule has 0 spiro atoms. The van der Waals surface area contributed by atoms with Crippen LogP contribution in [0.25, 0.3) is 0 Å². The molecule has 1 heterocycles. The van der Waals surface area contributed by atoms with Crippen molar-refractivity contribution in [3.8, 4) is 0 Å². The molecule has 1 unspecified atom stereocenters. The van der Waals surface area contributed by atoms with Gasteiger partial charge in [-0.1, -0.05) is 27.2 Å². The minimum Gasteiger partial charge on any atom is -0.341 e. The fraction of sp³-hybridized carbons (Fsp3) is 0.917. The molecule has 0 saturated carbocycles. The van der Waals surface area contributed by atoms with E-state index in [-0.39, 0.29) is 11.3 Å². The minimum absolute atomic E-state index is 0.120. The summed E-state index contributed by atoms with van der Waals surface area (Å²) in [7, 11) is 0. The standard InChI is InChI=1S/C12H24N2O/c1-5-6-12(4,13)10(15)14-8-7-11(2,3)9-14/h5-9,13H2,1-4H3. The Hall–Kier alpha value is -0.570. The summed E-state index contributed by atoms with van der Waals surface area (Å²) in [6, 6.07) is 0. The number of likely N-dealkylation sites (tertiary alicyclic amines) is 1. The molecule has 3 heteroatoms. The number of amides is 1. The molecule has 3 nitrogen and oxygen atoms in total. The largest absolute Gasteiger partial charge is 0.341 e. The summed E-state index contributed by atoms with van der Waals surface area (Å²) < 4.78 is 0. The molecule has 1 aliphatic heterocycles. The summed E-state index contributed by atoms with van der Waals surface area (Å²) in [4.78, 5) is 14.1. The molecule has 1 fully saturated rings. The van der Waals surface area contributed by atoms with E-state index in [1.165, 1.54) is 0 Å². The Morgan fingerprint density at radius 3 is 2.53 bits per heavy atom. The van der Waals surface area contributed by atoms with Crippen molar-refractivity contribution < 1.29 is 4.79 Å². The Bertz CT molecular complexity index is 246. The molecule has 1 aliphatic rings. The van der Waals surface area contributed by atoms with Gasteiger partial charge in [-0.3, -0.25) is 4.79 Å². The van der Waals surface area contributed by atoms with Gasteiger partial charge in [0.15, 0.2) is 0 Å². The maximum atomic E-state index is 12.1. The molecule has 1 saturated heterocycles. The second-order valence-corrected chi connectivity index (χ2v) is 5.81. The number of rotatable bonds is 3. The summed E-state index contributed by atoms with van der Waals surface area (Å²) in [5, 5.41) is 0. The van der Waals surface area contributed by atoms with E-state index >= 15 is 0 Å². The van der Waals surface area contributed by atoms with Gasteiger partial charge in [0.25, 0.3) is 0 Å². The van der Waals surface area contributed by atoms with Crippen LogP contribution in [0.1, 0.15) is 47.0 Å². The summed E-state index contributed by atoms with van der Waals surface area (Å²) >= 11 is 0. The van der Waals surface area contributed by atoms with Crippen LogP contribution in [-0.2, 0) is 4.79 Å². The normalized spacial score (nSPS) is 23.9. The first-order chi connectivity index (χ1) is 6.78. The minimum atomic E-state index is -0.671. The van der Waals surface area contributed by atoms with Gasteiger partial charge in [-0.2, -0.15) is 0 Å². The van der Waals surface area contributed by atoms with Gasteiger partial charge in [0.1, 0.15) is 0 Å². The number of nitrogens with zero attached hydrogens (tertiary/aromatic N) is 1. The van der Waals surface area contributed by atoms with Crippen molar-refractivity contribution in [3.05, 3.63) is 0 Å². The van der Waals surface area contributed by atoms with Gasteiger partial charge in [-0.05, 0) is 25.2 Å². The van der Waals surface area contributed by atoms with Crippen molar-refractivity contribution in [1.82, 2.24) is 4.90 Å². The molecule has 0 radical (unpaired) electrons. The number of carbonyl (C=O) groups excluding carboxylic acids is 1. The average Bonchev–Trinajstić information content (AvgIpc) is 2.44. The third-order valence-electron chi connectivity index (χ3n) is 3.22. The highest BCUT2D eigenvalue weighted by Crippen LogP contribution is 2.30. The van der Waals surface area contributed by atoms with Crippen molar-refractivity contribution in [2.45, 2.75) is 52.5 Å². The smallest absolute Gasteiger partial charge is 0.242 e. The zero-order valence-corrected chi connectivity index (χ0v) is 10.5. The van der Waals surface area contributed by atoms with Crippen molar-refractivity contribution >= 4 is 5.91 Å². The number of nitrogens with two attached hydrogens (primary N) is 1. The molecule has 0 aromatic heterocycles. The Labute approximate surface area is 93.0 Å². The Balaban J connectivity index is 2.62. The molecule has 0 bridgehead atoms. The monoisotopic (exact) mass is 212 g/mol. The lowest BCUT2D eigenvalue weighted by molar-refractivity contribution is -0.135. The number of carbonyl (C=O) groups is 1. The first-order valence-electron chi connectivity index (χ1n) is 5.87. The zero-order chi connectivity index (χ0) is 11.7. The highest BCUT2D eigenvalue weighted by Gasteiger charge is 2.38. The molecular weight excluding hydrogens is 188 g/mol.